The molecular formula is C17H21N3O2S. The van der Waals surface area contributed by atoms with Gasteiger partial charge in [0.2, 0.25) is 0 Å². The number of nitrogens with zero attached hydrogens (tertiary/aromatic N) is 2. The zero-order valence-electron chi connectivity index (χ0n) is 13.2. The van der Waals surface area contributed by atoms with E-state index in [0.717, 1.165) is 46.4 Å². The summed E-state index contributed by atoms with van der Waals surface area (Å²) in [5.74, 6) is 0.770. The number of carbonyl (C=O) groups is 1. The molecule has 1 aliphatic carbocycles. The Morgan fingerprint density at radius 2 is 2.30 bits per heavy atom. The van der Waals surface area contributed by atoms with Crippen LogP contribution < -0.4 is 5.32 Å². The Hall–Kier alpha value is -1.66. The number of aryl methyl sites for hydroxylation is 1. The van der Waals surface area contributed by atoms with E-state index in [0.29, 0.717) is 6.54 Å². The van der Waals surface area contributed by atoms with E-state index in [1.165, 1.54) is 12.8 Å². The molecule has 122 valence electrons. The van der Waals surface area contributed by atoms with Crippen molar-refractivity contribution in [2.24, 2.45) is 5.92 Å². The Labute approximate surface area is 139 Å². The average Bonchev–Trinajstić information content (AvgIpc) is 3.10. The van der Waals surface area contributed by atoms with Crippen LogP contribution in [0.5, 0.6) is 0 Å². The number of urea groups is 1. The summed E-state index contributed by atoms with van der Waals surface area (Å²) >= 11 is 1.67. The summed E-state index contributed by atoms with van der Waals surface area (Å²) in [6.45, 7) is 4.31. The van der Waals surface area contributed by atoms with E-state index in [-0.39, 0.29) is 12.1 Å². The van der Waals surface area contributed by atoms with Crippen molar-refractivity contribution in [3.63, 3.8) is 0 Å². The van der Waals surface area contributed by atoms with Gasteiger partial charge in [0.05, 0.1) is 21.3 Å². The highest BCUT2D eigenvalue weighted by Gasteiger charge is 2.29. The van der Waals surface area contributed by atoms with Gasteiger partial charge in [0.15, 0.2) is 0 Å². The lowest BCUT2D eigenvalue weighted by molar-refractivity contribution is 0.0543. The predicted molar refractivity (Wildman–Crippen MR) is 92.0 cm³/mol. The van der Waals surface area contributed by atoms with Gasteiger partial charge >= 0.3 is 6.03 Å². The SMILES string of the molecule is Cc1nc2cc(NC(=O)N3CCC(OCC4CC4)C3)ccc2s1. The maximum Gasteiger partial charge on any atom is 0.321 e. The van der Waals surface area contributed by atoms with Crippen molar-refractivity contribution >= 4 is 33.3 Å². The third kappa shape index (κ3) is 3.48. The van der Waals surface area contributed by atoms with E-state index in [2.05, 4.69) is 10.3 Å². The second-order valence-electron chi connectivity index (χ2n) is 6.48. The quantitative estimate of drug-likeness (QED) is 0.930. The largest absolute Gasteiger partial charge is 0.376 e. The molecule has 0 radical (unpaired) electrons. The lowest BCUT2D eigenvalue weighted by atomic mass is 10.3. The van der Waals surface area contributed by atoms with Gasteiger partial charge < -0.3 is 15.0 Å². The minimum Gasteiger partial charge on any atom is -0.376 e. The molecule has 1 aromatic carbocycles. The number of aromatic nitrogens is 1. The minimum atomic E-state index is -0.0474. The molecule has 2 fully saturated rings. The number of hydrogen-bond acceptors (Lipinski definition) is 4. The van der Waals surface area contributed by atoms with Crippen LogP contribution in [0.15, 0.2) is 18.2 Å². The number of carbonyl (C=O) groups excluding carboxylic acids is 1. The number of nitrogens with one attached hydrogen (secondary N) is 1. The number of likely N-dealkylation sites (tertiary alicyclic amines) is 1. The standard InChI is InChI=1S/C17H21N3O2S/c1-11-18-15-8-13(4-5-16(15)23-11)19-17(21)20-7-6-14(9-20)22-10-12-2-3-12/h4-5,8,12,14H,2-3,6-7,9-10H2,1H3,(H,19,21). The fraction of sp³-hybridized carbons (Fsp3) is 0.529. The number of anilines is 1. The molecule has 1 N–H and O–H groups in total. The molecule has 1 unspecified atom stereocenters. The molecule has 2 heterocycles. The normalized spacial score (nSPS) is 21.1. The maximum atomic E-state index is 12.4. The van der Waals surface area contributed by atoms with Gasteiger partial charge in [-0.05, 0) is 50.3 Å². The highest BCUT2D eigenvalue weighted by atomic mass is 32.1. The first-order chi connectivity index (χ1) is 11.2. The first-order valence-electron chi connectivity index (χ1n) is 8.22. The van der Waals surface area contributed by atoms with Crippen molar-refractivity contribution < 1.29 is 9.53 Å². The molecule has 2 amide bonds. The summed E-state index contributed by atoms with van der Waals surface area (Å²) < 4.78 is 7.04. The van der Waals surface area contributed by atoms with E-state index in [1.54, 1.807) is 11.3 Å². The Kier molecular flexibility index (Phi) is 3.95. The second kappa shape index (κ2) is 6.09. The minimum absolute atomic E-state index is 0.0474. The van der Waals surface area contributed by atoms with Crippen LogP contribution in [-0.4, -0.2) is 41.7 Å². The molecule has 0 bridgehead atoms. The fourth-order valence-electron chi connectivity index (χ4n) is 2.93. The van der Waals surface area contributed by atoms with Gasteiger partial charge in [-0.2, -0.15) is 0 Å². The molecule has 2 aromatic rings. The lowest BCUT2D eigenvalue weighted by Gasteiger charge is -2.17. The summed E-state index contributed by atoms with van der Waals surface area (Å²) in [4.78, 5) is 18.7. The van der Waals surface area contributed by atoms with Crippen LogP contribution in [0, 0.1) is 12.8 Å². The summed E-state index contributed by atoms with van der Waals surface area (Å²) in [6, 6.07) is 5.85. The zero-order chi connectivity index (χ0) is 15.8. The number of benzene rings is 1. The highest BCUT2D eigenvalue weighted by Crippen LogP contribution is 2.30. The van der Waals surface area contributed by atoms with Crippen molar-refractivity contribution in [3.05, 3.63) is 23.2 Å². The summed E-state index contributed by atoms with van der Waals surface area (Å²) in [5.41, 5.74) is 1.74. The van der Waals surface area contributed by atoms with Crippen LogP contribution in [0.4, 0.5) is 10.5 Å². The van der Waals surface area contributed by atoms with Gasteiger partial charge in [-0.3, -0.25) is 0 Å². The number of hydrogen-bond donors (Lipinski definition) is 1. The van der Waals surface area contributed by atoms with Crippen LogP contribution in [0.25, 0.3) is 10.2 Å². The van der Waals surface area contributed by atoms with Gasteiger partial charge in [0.25, 0.3) is 0 Å². The third-order valence-electron chi connectivity index (χ3n) is 4.44. The van der Waals surface area contributed by atoms with Crippen molar-refractivity contribution in [3.8, 4) is 0 Å². The van der Waals surface area contributed by atoms with Gasteiger partial charge in [0.1, 0.15) is 0 Å². The molecular weight excluding hydrogens is 310 g/mol. The fourth-order valence-corrected chi connectivity index (χ4v) is 3.74. The average molecular weight is 331 g/mol. The van der Waals surface area contributed by atoms with Crippen molar-refractivity contribution in [2.75, 3.05) is 25.0 Å². The zero-order valence-corrected chi connectivity index (χ0v) is 14.1. The molecule has 4 rings (SSSR count). The Balaban J connectivity index is 1.34. The van der Waals surface area contributed by atoms with Gasteiger partial charge in [-0.15, -0.1) is 11.3 Å². The van der Waals surface area contributed by atoms with Gasteiger partial charge in [-0.1, -0.05) is 0 Å². The van der Waals surface area contributed by atoms with Crippen molar-refractivity contribution in [2.45, 2.75) is 32.3 Å². The van der Waals surface area contributed by atoms with E-state index >= 15 is 0 Å². The number of rotatable bonds is 4. The first kappa shape index (κ1) is 14.9. The van der Waals surface area contributed by atoms with E-state index < -0.39 is 0 Å². The molecule has 23 heavy (non-hydrogen) atoms. The molecule has 5 nitrogen and oxygen atoms in total. The topological polar surface area (TPSA) is 54.5 Å². The van der Waals surface area contributed by atoms with E-state index in [1.807, 2.05) is 30.0 Å². The predicted octanol–water partition coefficient (Wildman–Crippen LogP) is 3.64. The number of amides is 2. The Bertz CT molecular complexity index is 726. The molecule has 1 atom stereocenters. The molecule has 1 aliphatic heterocycles. The Morgan fingerprint density at radius 1 is 1.43 bits per heavy atom. The summed E-state index contributed by atoms with van der Waals surface area (Å²) in [5, 5.41) is 4.02. The maximum absolute atomic E-state index is 12.4. The molecule has 0 spiro atoms. The highest BCUT2D eigenvalue weighted by molar-refractivity contribution is 7.18. The van der Waals surface area contributed by atoms with Gasteiger partial charge in [-0.25, -0.2) is 9.78 Å². The van der Waals surface area contributed by atoms with Gasteiger partial charge in [0, 0.05) is 25.4 Å². The summed E-state index contributed by atoms with van der Waals surface area (Å²) in [6.07, 6.45) is 3.74. The van der Waals surface area contributed by atoms with Crippen LogP contribution in [0.2, 0.25) is 0 Å². The van der Waals surface area contributed by atoms with Crippen molar-refractivity contribution in [1.29, 1.82) is 0 Å². The molecule has 6 heteroatoms. The first-order valence-corrected chi connectivity index (χ1v) is 9.04. The number of thiazole rings is 1. The van der Waals surface area contributed by atoms with Crippen LogP contribution in [0.1, 0.15) is 24.3 Å². The molecule has 1 aromatic heterocycles. The number of ether oxygens (including phenoxy) is 1. The van der Waals surface area contributed by atoms with Crippen LogP contribution in [-0.2, 0) is 4.74 Å². The molecule has 1 saturated carbocycles. The van der Waals surface area contributed by atoms with Crippen LogP contribution in [0.3, 0.4) is 0 Å². The van der Waals surface area contributed by atoms with E-state index in [9.17, 15) is 4.79 Å². The van der Waals surface area contributed by atoms with Crippen molar-refractivity contribution in [1.82, 2.24) is 9.88 Å². The summed E-state index contributed by atoms with van der Waals surface area (Å²) in [7, 11) is 0. The third-order valence-corrected chi connectivity index (χ3v) is 5.39. The molecule has 2 aliphatic rings. The monoisotopic (exact) mass is 331 g/mol. The smallest absolute Gasteiger partial charge is 0.321 e. The Morgan fingerprint density at radius 3 is 3.13 bits per heavy atom. The van der Waals surface area contributed by atoms with Crippen LogP contribution >= 0.6 is 11.3 Å². The molecule has 1 saturated heterocycles. The number of fused-ring (bicyclic) bond motifs is 1. The lowest BCUT2D eigenvalue weighted by Crippen LogP contribution is -2.34. The second-order valence-corrected chi connectivity index (χ2v) is 7.71. The van der Waals surface area contributed by atoms with E-state index in [4.69, 9.17) is 4.74 Å².